The van der Waals surface area contributed by atoms with Crippen LogP contribution < -0.4 is 5.32 Å². The van der Waals surface area contributed by atoms with Crippen LogP contribution in [0.15, 0.2) is 10.6 Å². The minimum absolute atomic E-state index is 0.598. The molecule has 0 aliphatic carbocycles. The van der Waals surface area contributed by atoms with Gasteiger partial charge >= 0.3 is 0 Å². The van der Waals surface area contributed by atoms with Crippen molar-refractivity contribution >= 4 is 0 Å². The third kappa shape index (κ3) is 3.80. The molecule has 1 aromatic heterocycles. The summed E-state index contributed by atoms with van der Waals surface area (Å²) in [4.78, 5) is 2.33. The van der Waals surface area contributed by atoms with Crippen LogP contribution in [0, 0.1) is 0 Å². The molecule has 1 N–H and O–H groups in total. The summed E-state index contributed by atoms with van der Waals surface area (Å²) >= 11 is 0. The van der Waals surface area contributed by atoms with Crippen molar-refractivity contribution in [3.05, 3.63) is 17.5 Å². The smallest absolute Gasteiger partial charge is 0.151 e. The van der Waals surface area contributed by atoms with Crippen molar-refractivity contribution in [2.24, 2.45) is 0 Å². The molecule has 0 aromatic carbocycles. The monoisotopic (exact) mass is 253 g/mol. The molecule has 1 saturated heterocycles. The summed E-state index contributed by atoms with van der Waals surface area (Å²) in [7, 11) is 2.14. The molecule has 0 radical (unpaired) electrons. The molecule has 0 unspecified atom stereocenters. The first-order chi connectivity index (χ1) is 8.79. The second-order valence-corrected chi connectivity index (χ2v) is 4.82. The van der Waals surface area contributed by atoms with Crippen molar-refractivity contribution in [3.8, 4) is 0 Å². The second kappa shape index (κ2) is 6.87. The molecule has 1 fully saturated rings. The summed E-state index contributed by atoms with van der Waals surface area (Å²) in [5.41, 5.74) is 0.979. The number of hydrogen-bond donors (Lipinski definition) is 1. The SMILES string of the molecule is CCNCc1cc(CN(C)C2CCOCC2)on1. The Morgan fingerprint density at radius 1 is 1.44 bits per heavy atom. The summed E-state index contributed by atoms with van der Waals surface area (Å²) in [6.07, 6.45) is 2.21. The average molecular weight is 253 g/mol. The maximum atomic E-state index is 5.38. The lowest BCUT2D eigenvalue weighted by Gasteiger charge is -2.30. The van der Waals surface area contributed by atoms with E-state index in [9.17, 15) is 0 Å². The van der Waals surface area contributed by atoms with Gasteiger partial charge in [-0.25, -0.2) is 0 Å². The van der Waals surface area contributed by atoms with Crippen LogP contribution in [0.5, 0.6) is 0 Å². The summed E-state index contributed by atoms with van der Waals surface area (Å²) in [5, 5.41) is 7.30. The fraction of sp³-hybridized carbons (Fsp3) is 0.769. The third-order valence-electron chi connectivity index (χ3n) is 3.38. The van der Waals surface area contributed by atoms with Crippen molar-refractivity contribution in [1.82, 2.24) is 15.4 Å². The van der Waals surface area contributed by atoms with E-state index >= 15 is 0 Å². The molecule has 5 nitrogen and oxygen atoms in total. The van der Waals surface area contributed by atoms with E-state index in [2.05, 4.69) is 29.3 Å². The number of aromatic nitrogens is 1. The Bertz CT molecular complexity index is 348. The highest BCUT2D eigenvalue weighted by Crippen LogP contribution is 2.16. The average Bonchev–Trinajstić information content (AvgIpc) is 2.85. The zero-order valence-corrected chi connectivity index (χ0v) is 11.3. The van der Waals surface area contributed by atoms with Gasteiger partial charge in [-0.2, -0.15) is 0 Å². The van der Waals surface area contributed by atoms with Crippen LogP contribution in [0.1, 0.15) is 31.2 Å². The van der Waals surface area contributed by atoms with E-state index in [-0.39, 0.29) is 0 Å². The fourth-order valence-corrected chi connectivity index (χ4v) is 2.27. The van der Waals surface area contributed by atoms with Gasteiger partial charge in [0.15, 0.2) is 5.76 Å². The van der Waals surface area contributed by atoms with Crippen molar-refractivity contribution in [1.29, 1.82) is 0 Å². The van der Waals surface area contributed by atoms with Gasteiger partial charge in [0.2, 0.25) is 0 Å². The summed E-state index contributed by atoms with van der Waals surface area (Å²) in [5.74, 6) is 0.942. The van der Waals surface area contributed by atoms with Crippen LogP contribution >= 0.6 is 0 Å². The highest BCUT2D eigenvalue weighted by Gasteiger charge is 2.19. The predicted octanol–water partition coefficient (Wildman–Crippen LogP) is 1.39. The van der Waals surface area contributed by atoms with E-state index in [0.29, 0.717) is 6.04 Å². The van der Waals surface area contributed by atoms with Gasteiger partial charge in [-0.15, -0.1) is 0 Å². The molecule has 0 amide bonds. The van der Waals surface area contributed by atoms with E-state index in [0.717, 1.165) is 57.1 Å². The first-order valence-electron chi connectivity index (χ1n) is 6.72. The summed E-state index contributed by atoms with van der Waals surface area (Å²) in [6, 6.07) is 2.64. The largest absolute Gasteiger partial charge is 0.381 e. The van der Waals surface area contributed by atoms with E-state index in [1.165, 1.54) is 0 Å². The van der Waals surface area contributed by atoms with E-state index in [1.54, 1.807) is 0 Å². The highest BCUT2D eigenvalue weighted by molar-refractivity contribution is 5.05. The van der Waals surface area contributed by atoms with E-state index < -0.39 is 0 Å². The summed E-state index contributed by atoms with van der Waals surface area (Å²) in [6.45, 7) is 6.38. The minimum atomic E-state index is 0.598. The van der Waals surface area contributed by atoms with Gasteiger partial charge in [-0.3, -0.25) is 4.90 Å². The maximum Gasteiger partial charge on any atom is 0.151 e. The Morgan fingerprint density at radius 3 is 2.94 bits per heavy atom. The molecule has 102 valence electrons. The number of ether oxygens (including phenoxy) is 1. The van der Waals surface area contributed by atoms with Crippen molar-refractivity contribution in [2.45, 2.75) is 38.9 Å². The van der Waals surface area contributed by atoms with Crippen LogP contribution in [-0.4, -0.2) is 42.9 Å². The lowest BCUT2D eigenvalue weighted by atomic mass is 10.1. The van der Waals surface area contributed by atoms with Crippen LogP contribution in [0.3, 0.4) is 0 Å². The molecule has 5 heteroatoms. The zero-order chi connectivity index (χ0) is 12.8. The zero-order valence-electron chi connectivity index (χ0n) is 11.3. The van der Waals surface area contributed by atoms with Crippen molar-refractivity contribution < 1.29 is 9.26 Å². The Labute approximate surface area is 108 Å². The topological polar surface area (TPSA) is 50.5 Å². The van der Waals surface area contributed by atoms with E-state index in [1.807, 2.05) is 6.07 Å². The second-order valence-electron chi connectivity index (χ2n) is 4.82. The molecule has 0 spiro atoms. The van der Waals surface area contributed by atoms with Crippen molar-refractivity contribution in [2.75, 3.05) is 26.8 Å². The molecule has 1 aromatic rings. The molecule has 1 aliphatic rings. The number of nitrogens with zero attached hydrogens (tertiary/aromatic N) is 2. The number of nitrogens with one attached hydrogen (secondary N) is 1. The van der Waals surface area contributed by atoms with Crippen LogP contribution in [0.25, 0.3) is 0 Å². The Hall–Kier alpha value is -0.910. The molecule has 0 saturated carbocycles. The molecule has 1 aliphatic heterocycles. The highest BCUT2D eigenvalue weighted by atomic mass is 16.5. The Morgan fingerprint density at radius 2 is 2.22 bits per heavy atom. The van der Waals surface area contributed by atoms with Crippen LogP contribution in [-0.2, 0) is 17.8 Å². The molecular weight excluding hydrogens is 230 g/mol. The van der Waals surface area contributed by atoms with Gasteiger partial charge in [0.1, 0.15) is 0 Å². The fourth-order valence-electron chi connectivity index (χ4n) is 2.27. The Kier molecular flexibility index (Phi) is 5.16. The predicted molar refractivity (Wildman–Crippen MR) is 69.2 cm³/mol. The van der Waals surface area contributed by atoms with Crippen molar-refractivity contribution in [3.63, 3.8) is 0 Å². The molecular formula is C13H23N3O2. The number of hydrogen-bond acceptors (Lipinski definition) is 5. The van der Waals surface area contributed by atoms with Crippen LogP contribution in [0.4, 0.5) is 0 Å². The summed E-state index contributed by atoms with van der Waals surface area (Å²) < 4.78 is 10.7. The molecule has 0 bridgehead atoms. The standard InChI is InChI=1S/C13H23N3O2/c1-3-14-9-11-8-13(18-15-11)10-16(2)12-4-6-17-7-5-12/h8,12,14H,3-7,9-10H2,1-2H3. The molecule has 0 atom stereocenters. The quantitative estimate of drug-likeness (QED) is 0.830. The lowest BCUT2D eigenvalue weighted by molar-refractivity contribution is 0.0381. The molecule has 2 heterocycles. The Balaban J connectivity index is 1.82. The van der Waals surface area contributed by atoms with Crippen LogP contribution in [0.2, 0.25) is 0 Å². The normalized spacial score (nSPS) is 17.5. The van der Waals surface area contributed by atoms with Gasteiger partial charge in [0.05, 0.1) is 12.2 Å². The third-order valence-corrected chi connectivity index (χ3v) is 3.38. The molecule has 2 rings (SSSR count). The van der Waals surface area contributed by atoms with Gasteiger partial charge in [0, 0.05) is 31.9 Å². The van der Waals surface area contributed by atoms with Gasteiger partial charge in [-0.1, -0.05) is 12.1 Å². The number of rotatable bonds is 6. The first-order valence-corrected chi connectivity index (χ1v) is 6.72. The van der Waals surface area contributed by atoms with Gasteiger partial charge < -0.3 is 14.6 Å². The lowest BCUT2D eigenvalue weighted by Crippen LogP contribution is -2.36. The first kappa shape index (κ1) is 13.5. The van der Waals surface area contributed by atoms with E-state index in [4.69, 9.17) is 9.26 Å². The molecule has 18 heavy (non-hydrogen) atoms. The van der Waals surface area contributed by atoms with Gasteiger partial charge in [-0.05, 0) is 26.4 Å². The minimum Gasteiger partial charge on any atom is -0.381 e. The van der Waals surface area contributed by atoms with Gasteiger partial charge in [0.25, 0.3) is 0 Å². The maximum absolute atomic E-state index is 5.38.